The zero-order chi connectivity index (χ0) is 18.1. The first-order chi connectivity index (χ1) is 12.6. The van der Waals surface area contributed by atoms with E-state index in [2.05, 4.69) is 16.4 Å². The van der Waals surface area contributed by atoms with Crippen molar-refractivity contribution >= 4 is 27.7 Å². The number of amides is 1. The molecule has 1 heterocycles. The Labute approximate surface area is 150 Å². The van der Waals surface area contributed by atoms with E-state index in [0.29, 0.717) is 0 Å². The van der Waals surface area contributed by atoms with Crippen LogP contribution in [-0.4, -0.2) is 10.9 Å². The Kier molecular flexibility index (Phi) is 4.17. The second-order valence-corrected chi connectivity index (χ2v) is 6.57. The summed E-state index contributed by atoms with van der Waals surface area (Å²) in [5, 5.41) is 5.26. The van der Waals surface area contributed by atoms with Crippen LogP contribution >= 0.6 is 0 Å². The number of halogens is 1. The van der Waals surface area contributed by atoms with E-state index in [9.17, 15) is 9.18 Å². The van der Waals surface area contributed by atoms with Crippen LogP contribution in [0.2, 0.25) is 0 Å². The molecule has 1 amide bonds. The highest BCUT2D eigenvalue weighted by Crippen LogP contribution is 2.26. The Morgan fingerprint density at radius 3 is 2.65 bits per heavy atom. The van der Waals surface area contributed by atoms with Gasteiger partial charge in [-0.25, -0.2) is 4.39 Å². The lowest BCUT2D eigenvalue weighted by atomic mass is 10.1. The summed E-state index contributed by atoms with van der Waals surface area (Å²) in [5.41, 5.74) is 3.80. The van der Waals surface area contributed by atoms with Crippen molar-refractivity contribution < 1.29 is 9.18 Å². The molecule has 26 heavy (non-hydrogen) atoms. The van der Waals surface area contributed by atoms with Crippen molar-refractivity contribution in [1.29, 1.82) is 0 Å². The van der Waals surface area contributed by atoms with Gasteiger partial charge in [0.05, 0.1) is 12.5 Å². The molecular formula is C22H19FN2O. The van der Waals surface area contributed by atoms with Crippen LogP contribution in [0.3, 0.4) is 0 Å². The van der Waals surface area contributed by atoms with Gasteiger partial charge in [-0.3, -0.25) is 4.79 Å². The van der Waals surface area contributed by atoms with Gasteiger partial charge in [0.1, 0.15) is 5.82 Å². The van der Waals surface area contributed by atoms with Crippen LogP contribution in [0.1, 0.15) is 24.1 Å². The second kappa shape index (κ2) is 6.64. The molecule has 0 spiro atoms. The molecule has 4 heteroatoms. The third kappa shape index (κ3) is 3.18. The Bertz CT molecular complexity index is 1100. The van der Waals surface area contributed by atoms with E-state index in [4.69, 9.17) is 0 Å². The smallest absolute Gasteiger partial charge is 0.224 e. The molecule has 4 aromatic rings. The SMILES string of the molecule is CC(NC(=O)Cc1ccc2c(c1)[nH]c1ccccc12)c1cccc(F)c1. The van der Waals surface area contributed by atoms with Crippen LogP contribution in [0.25, 0.3) is 21.8 Å². The fourth-order valence-electron chi connectivity index (χ4n) is 3.35. The highest BCUT2D eigenvalue weighted by atomic mass is 19.1. The number of aromatic amines is 1. The third-order valence-corrected chi connectivity index (χ3v) is 4.66. The molecule has 3 nitrogen and oxygen atoms in total. The lowest BCUT2D eigenvalue weighted by Crippen LogP contribution is -2.28. The first kappa shape index (κ1) is 16.3. The number of aromatic nitrogens is 1. The van der Waals surface area contributed by atoms with Gasteiger partial charge in [-0.05, 0) is 42.3 Å². The molecule has 130 valence electrons. The van der Waals surface area contributed by atoms with Crippen LogP contribution < -0.4 is 5.32 Å². The van der Waals surface area contributed by atoms with Crippen molar-refractivity contribution in [1.82, 2.24) is 10.3 Å². The maximum absolute atomic E-state index is 13.3. The molecular weight excluding hydrogens is 327 g/mol. The van der Waals surface area contributed by atoms with E-state index in [1.165, 1.54) is 17.5 Å². The highest BCUT2D eigenvalue weighted by Gasteiger charge is 2.12. The second-order valence-electron chi connectivity index (χ2n) is 6.57. The molecule has 1 atom stereocenters. The van der Waals surface area contributed by atoms with Crippen molar-refractivity contribution in [3.63, 3.8) is 0 Å². The van der Waals surface area contributed by atoms with Gasteiger partial charge in [-0.2, -0.15) is 0 Å². The minimum Gasteiger partial charge on any atom is -0.355 e. The Hall–Kier alpha value is -3.14. The lowest BCUT2D eigenvalue weighted by molar-refractivity contribution is -0.121. The maximum Gasteiger partial charge on any atom is 0.224 e. The predicted molar refractivity (Wildman–Crippen MR) is 102 cm³/mol. The van der Waals surface area contributed by atoms with Gasteiger partial charge in [-0.1, -0.05) is 42.5 Å². The highest BCUT2D eigenvalue weighted by molar-refractivity contribution is 6.07. The van der Waals surface area contributed by atoms with Crippen molar-refractivity contribution in [2.24, 2.45) is 0 Å². The minimum absolute atomic E-state index is 0.0859. The fourth-order valence-corrected chi connectivity index (χ4v) is 3.35. The van der Waals surface area contributed by atoms with E-state index in [0.717, 1.165) is 27.5 Å². The third-order valence-electron chi connectivity index (χ3n) is 4.66. The van der Waals surface area contributed by atoms with Gasteiger partial charge >= 0.3 is 0 Å². The Morgan fingerprint density at radius 2 is 1.81 bits per heavy atom. The zero-order valence-corrected chi connectivity index (χ0v) is 14.4. The summed E-state index contributed by atoms with van der Waals surface area (Å²) in [6.45, 7) is 1.85. The average molecular weight is 346 g/mol. The molecule has 0 saturated carbocycles. The molecule has 0 radical (unpaired) electrons. The summed E-state index contributed by atoms with van der Waals surface area (Å²) >= 11 is 0. The number of rotatable bonds is 4. The van der Waals surface area contributed by atoms with E-state index in [-0.39, 0.29) is 24.2 Å². The molecule has 4 rings (SSSR count). The fraction of sp³-hybridized carbons (Fsp3) is 0.136. The summed E-state index contributed by atoms with van der Waals surface area (Å²) in [5.74, 6) is -0.384. The lowest BCUT2D eigenvalue weighted by Gasteiger charge is -2.14. The van der Waals surface area contributed by atoms with Gasteiger partial charge in [-0.15, -0.1) is 0 Å². The minimum atomic E-state index is -0.298. The summed E-state index contributed by atoms with van der Waals surface area (Å²) in [6.07, 6.45) is 0.283. The standard InChI is InChI=1S/C22H19FN2O/c1-14(16-5-4-6-17(23)13-16)24-22(26)12-15-9-10-19-18-7-2-3-8-20(18)25-21(19)11-15/h2-11,13-14,25H,12H2,1H3,(H,24,26). The number of benzene rings is 3. The first-order valence-electron chi connectivity index (χ1n) is 8.64. The number of nitrogens with one attached hydrogen (secondary N) is 2. The summed E-state index contributed by atoms with van der Waals surface area (Å²) in [6, 6.07) is 20.3. The molecule has 3 aromatic carbocycles. The van der Waals surface area contributed by atoms with Gasteiger partial charge in [0, 0.05) is 21.8 Å². The largest absolute Gasteiger partial charge is 0.355 e. The molecule has 0 bridgehead atoms. The van der Waals surface area contributed by atoms with Crippen molar-refractivity contribution in [3.8, 4) is 0 Å². The van der Waals surface area contributed by atoms with E-state index in [1.54, 1.807) is 6.07 Å². The molecule has 0 aliphatic rings. The van der Waals surface area contributed by atoms with Crippen molar-refractivity contribution in [2.75, 3.05) is 0 Å². The molecule has 0 fully saturated rings. The monoisotopic (exact) mass is 346 g/mol. The summed E-state index contributed by atoms with van der Waals surface area (Å²) in [4.78, 5) is 15.8. The van der Waals surface area contributed by atoms with Crippen LogP contribution in [0.15, 0.2) is 66.7 Å². The Balaban J connectivity index is 1.51. The van der Waals surface area contributed by atoms with Gasteiger partial charge < -0.3 is 10.3 Å². The molecule has 0 aliphatic heterocycles. The number of carbonyl (C=O) groups excluding carboxylic acids is 1. The van der Waals surface area contributed by atoms with Crippen LogP contribution in [0, 0.1) is 5.82 Å². The number of fused-ring (bicyclic) bond motifs is 3. The number of hydrogen-bond donors (Lipinski definition) is 2. The van der Waals surface area contributed by atoms with Gasteiger partial charge in [0.2, 0.25) is 5.91 Å². The number of H-pyrrole nitrogens is 1. The summed E-state index contributed by atoms with van der Waals surface area (Å²) in [7, 11) is 0. The molecule has 0 saturated heterocycles. The van der Waals surface area contributed by atoms with Crippen LogP contribution in [-0.2, 0) is 11.2 Å². The van der Waals surface area contributed by atoms with Gasteiger partial charge in [0.15, 0.2) is 0 Å². The normalized spacial score (nSPS) is 12.4. The molecule has 1 unspecified atom stereocenters. The quantitative estimate of drug-likeness (QED) is 0.543. The molecule has 2 N–H and O–H groups in total. The topological polar surface area (TPSA) is 44.9 Å². The van der Waals surface area contributed by atoms with Crippen molar-refractivity contribution in [3.05, 3.63) is 83.7 Å². The number of hydrogen-bond acceptors (Lipinski definition) is 1. The number of carbonyl (C=O) groups is 1. The maximum atomic E-state index is 13.3. The molecule has 1 aromatic heterocycles. The Morgan fingerprint density at radius 1 is 1.00 bits per heavy atom. The van der Waals surface area contributed by atoms with Crippen LogP contribution in [0.5, 0.6) is 0 Å². The zero-order valence-electron chi connectivity index (χ0n) is 14.4. The predicted octanol–water partition coefficient (Wildman–Crippen LogP) is 4.88. The van der Waals surface area contributed by atoms with E-state index < -0.39 is 0 Å². The van der Waals surface area contributed by atoms with E-state index in [1.807, 2.05) is 49.4 Å². The van der Waals surface area contributed by atoms with Gasteiger partial charge in [0.25, 0.3) is 0 Å². The van der Waals surface area contributed by atoms with Crippen molar-refractivity contribution in [2.45, 2.75) is 19.4 Å². The summed E-state index contributed by atoms with van der Waals surface area (Å²) < 4.78 is 13.3. The number of para-hydroxylation sites is 1. The molecule has 0 aliphatic carbocycles. The average Bonchev–Trinajstić information content (AvgIpc) is 2.99. The van der Waals surface area contributed by atoms with Crippen LogP contribution in [0.4, 0.5) is 4.39 Å². The van der Waals surface area contributed by atoms with E-state index >= 15 is 0 Å². The first-order valence-corrected chi connectivity index (χ1v) is 8.64.